The first-order valence-electron chi connectivity index (χ1n) is 7.27. The third-order valence-electron chi connectivity index (χ3n) is 3.91. The Bertz CT molecular complexity index is 837. The van der Waals surface area contributed by atoms with Crippen LogP contribution in [0.1, 0.15) is 6.92 Å². The number of anilines is 1. The largest absolute Gasteiger partial charge is 0.465 e. The fraction of sp³-hybridized carbons (Fsp3) is 0.429. The number of hydrogen-bond acceptors (Lipinski definition) is 6. The van der Waals surface area contributed by atoms with Crippen LogP contribution in [0, 0.1) is 0 Å². The van der Waals surface area contributed by atoms with E-state index in [9.17, 15) is 13.2 Å². The molecule has 0 radical (unpaired) electrons. The molecule has 1 aliphatic rings. The summed E-state index contributed by atoms with van der Waals surface area (Å²) < 4.78 is 29.5. The van der Waals surface area contributed by atoms with E-state index in [1.165, 1.54) is 17.0 Å². The summed E-state index contributed by atoms with van der Waals surface area (Å²) in [4.78, 5) is 18.7. The molecule has 23 heavy (non-hydrogen) atoms. The normalized spacial score (nSPS) is 16.0. The first-order valence-corrected chi connectivity index (χ1v) is 8.92. The molecule has 9 heteroatoms. The molecule has 1 aliphatic heterocycles. The first kappa shape index (κ1) is 15.6. The summed E-state index contributed by atoms with van der Waals surface area (Å²) in [6.07, 6.45) is -0.934. The van der Waals surface area contributed by atoms with Gasteiger partial charge in [-0.1, -0.05) is 6.92 Å². The average molecular weight is 339 g/mol. The maximum absolute atomic E-state index is 11.9. The van der Waals surface area contributed by atoms with E-state index >= 15 is 0 Å². The van der Waals surface area contributed by atoms with Gasteiger partial charge >= 0.3 is 6.09 Å². The molecule has 1 fully saturated rings. The summed E-state index contributed by atoms with van der Waals surface area (Å²) in [5.41, 5.74) is 0.992. The summed E-state index contributed by atoms with van der Waals surface area (Å²) in [5, 5.41) is 8.95. The molecule has 0 bridgehead atoms. The van der Waals surface area contributed by atoms with Crippen LogP contribution in [-0.2, 0) is 9.84 Å². The molecule has 1 N–H and O–H groups in total. The van der Waals surface area contributed by atoms with E-state index in [0.717, 1.165) is 0 Å². The van der Waals surface area contributed by atoms with Gasteiger partial charge in [0, 0.05) is 26.2 Å². The number of oxazole rings is 1. The topological polar surface area (TPSA) is 104 Å². The molecule has 124 valence electrons. The lowest BCUT2D eigenvalue weighted by atomic mass is 10.3. The zero-order valence-electron chi connectivity index (χ0n) is 12.6. The summed E-state index contributed by atoms with van der Waals surface area (Å²) in [6, 6.07) is 5.01. The minimum Gasteiger partial charge on any atom is -0.465 e. The zero-order chi connectivity index (χ0) is 16.6. The number of nitrogens with zero attached hydrogens (tertiary/aromatic N) is 3. The second-order valence-corrected chi connectivity index (χ2v) is 7.56. The van der Waals surface area contributed by atoms with Crippen molar-refractivity contribution in [2.75, 3.05) is 36.8 Å². The van der Waals surface area contributed by atoms with E-state index < -0.39 is 15.9 Å². The van der Waals surface area contributed by atoms with Gasteiger partial charge in [-0.3, -0.25) is 0 Å². The lowest BCUT2D eigenvalue weighted by Crippen LogP contribution is -2.48. The van der Waals surface area contributed by atoms with Crippen molar-refractivity contribution in [2.24, 2.45) is 0 Å². The van der Waals surface area contributed by atoms with Gasteiger partial charge < -0.3 is 19.3 Å². The first-order chi connectivity index (χ1) is 10.9. The minimum absolute atomic E-state index is 0.0281. The van der Waals surface area contributed by atoms with Crippen molar-refractivity contribution in [1.29, 1.82) is 0 Å². The van der Waals surface area contributed by atoms with E-state index in [-0.39, 0.29) is 10.6 Å². The highest BCUT2D eigenvalue weighted by Gasteiger charge is 2.24. The smallest absolute Gasteiger partial charge is 0.407 e. The van der Waals surface area contributed by atoms with Gasteiger partial charge in [0.1, 0.15) is 5.52 Å². The molecule has 2 heterocycles. The number of rotatable bonds is 3. The van der Waals surface area contributed by atoms with Crippen LogP contribution in [0.4, 0.5) is 10.8 Å². The van der Waals surface area contributed by atoms with Crippen molar-refractivity contribution in [3.8, 4) is 0 Å². The average Bonchev–Trinajstić information content (AvgIpc) is 2.98. The van der Waals surface area contributed by atoms with Crippen LogP contribution in [0.5, 0.6) is 0 Å². The highest BCUT2D eigenvalue weighted by Crippen LogP contribution is 2.25. The maximum atomic E-state index is 11.9. The van der Waals surface area contributed by atoms with Crippen LogP contribution >= 0.6 is 0 Å². The Morgan fingerprint density at radius 1 is 1.30 bits per heavy atom. The fourth-order valence-electron chi connectivity index (χ4n) is 2.48. The van der Waals surface area contributed by atoms with Crippen molar-refractivity contribution >= 4 is 33.0 Å². The molecule has 8 nitrogen and oxygen atoms in total. The Balaban J connectivity index is 1.85. The van der Waals surface area contributed by atoms with E-state index in [2.05, 4.69) is 4.98 Å². The molecule has 0 saturated carbocycles. The molecule has 0 atom stereocenters. The Labute approximate surface area is 133 Å². The number of sulfone groups is 1. The Hall–Kier alpha value is -2.29. The molecule has 3 rings (SSSR count). The van der Waals surface area contributed by atoms with Gasteiger partial charge in [0.25, 0.3) is 6.01 Å². The van der Waals surface area contributed by atoms with Crippen LogP contribution in [-0.4, -0.2) is 61.4 Å². The molecule has 1 saturated heterocycles. The number of amides is 1. The standard InChI is InChI=1S/C14H17N3O5S/c1-2-23(20,21)10-3-4-12-11(9-10)15-13(22-12)16-5-7-17(8-6-16)14(18)19/h3-4,9H,2,5-8H2,1H3,(H,18,19). The van der Waals surface area contributed by atoms with Crippen LogP contribution in [0.3, 0.4) is 0 Å². The molecular weight excluding hydrogens is 322 g/mol. The zero-order valence-corrected chi connectivity index (χ0v) is 13.4. The van der Waals surface area contributed by atoms with E-state index in [1.807, 2.05) is 4.90 Å². The third kappa shape index (κ3) is 2.96. The highest BCUT2D eigenvalue weighted by atomic mass is 32.2. The lowest BCUT2D eigenvalue weighted by molar-refractivity contribution is 0.142. The quantitative estimate of drug-likeness (QED) is 0.902. The third-order valence-corrected chi connectivity index (χ3v) is 5.64. The van der Waals surface area contributed by atoms with Gasteiger partial charge in [-0.25, -0.2) is 13.2 Å². The molecular formula is C14H17N3O5S. The second kappa shape index (κ2) is 5.73. The van der Waals surface area contributed by atoms with Crippen molar-refractivity contribution in [3.63, 3.8) is 0 Å². The van der Waals surface area contributed by atoms with Crippen molar-refractivity contribution < 1.29 is 22.7 Å². The number of fused-ring (bicyclic) bond motifs is 1. The molecule has 1 aromatic carbocycles. The van der Waals surface area contributed by atoms with Gasteiger partial charge in [0.05, 0.1) is 10.6 Å². The summed E-state index contributed by atoms with van der Waals surface area (Å²) in [6.45, 7) is 3.32. The van der Waals surface area contributed by atoms with E-state index in [1.54, 1.807) is 13.0 Å². The van der Waals surface area contributed by atoms with Gasteiger partial charge in [0.15, 0.2) is 15.4 Å². The van der Waals surface area contributed by atoms with Crippen molar-refractivity contribution in [3.05, 3.63) is 18.2 Å². The molecule has 0 unspecified atom stereocenters. The molecule has 1 aromatic heterocycles. The Morgan fingerprint density at radius 2 is 2.00 bits per heavy atom. The fourth-order valence-corrected chi connectivity index (χ4v) is 3.38. The predicted molar refractivity (Wildman–Crippen MR) is 83.5 cm³/mol. The Morgan fingerprint density at radius 3 is 2.61 bits per heavy atom. The second-order valence-electron chi connectivity index (χ2n) is 5.29. The SMILES string of the molecule is CCS(=O)(=O)c1ccc2oc(N3CCN(C(=O)O)CC3)nc2c1. The highest BCUT2D eigenvalue weighted by molar-refractivity contribution is 7.91. The van der Waals surface area contributed by atoms with Crippen LogP contribution in [0.25, 0.3) is 11.1 Å². The number of benzene rings is 1. The number of piperazine rings is 1. The van der Waals surface area contributed by atoms with Gasteiger partial charge in [0.2, 0.25) is 0 Å². The van der Waals surface area contributed by atoms with Crippen molar-refractivity contribution in [1.82, 2.24) is 9.88 Å². The molecule has 2 aromatic rings. The molecule has 0 spiro atoms. The number of carbonyl (C=O) groups is 1. The number of carboxylic acid groups (broad SMARTS) is 1. The van der Waals surface area contributed by atoms with Gasteiger partial charge in [-0.15, -0.1) is 0 Å². The number of hydrogen-bond donors (Lipinski definition) is 1. The van der Waals surface area contributed by atoms with E-state index in [0.29, 0.717) is 43.3 Å². The Kier molecular flexibility index (Phi) is 3.88. The van der Waals surface area contributed by atoms with Crippen LogP contribution in [0.2, 0.25) is 0 Å². The monoisotopic (exact) mass is 339 g/mol. The van der Waals surface area contributed by atoms with Gasteiger partial charge in [-0.05, 0) is 18.2 Å². The number of aromatic nitrogens is 1. The van der Waals surface area contributed by atoms with Gasteiger partial charge in [-0.2, -0.15) is 4.98 Å². The molecule has 1 amide bonds. The summed E-state index contributed by atoms with van der Waals surface area (Å²) >= 11 is 0. The summed E-state index contributed by atoms with van der Waals surface area (Å²) in [5.74, 6) is 0.0281. The maximum Gasteiger partial charge on any atom is 0.407 e. The van der Waals surface area contributed by atoms with Crippen molar-refractivity contribution in [2.45, 2.75) is 11.8 Å². The predicted octanol–water partition coefficient (Wildman–Crippen LogP) is 1.42. The van der Waals surface area contributed by atoms with E-state index in [4.69, 9.17) is 9.52 Å². The van der Waals surface area contributed by atoms with Crippen LogP contribution < -0.4 is 4.90 Å². The minimum atomic E-state index is -3.29. The van der Waals surface area contributed by atoms with Crippen LogP contribution in [0.15, 0.2) is 27.5 Å². The lowest BCUT2D eigenvalue weighted by Gasteiger charge is -2.31. The molecule has 0 aliphatic carbocycles. The summed E-state index contributed by atoms with van der Waals surface area (Å²) in [7, 11) is -3.29.